The summed E-state index contributed by atoms with van der Waals surface area (Å²) in [6.45, 7) is 0.334. The minimum atomic E-state index is -1.63. The van der Waals surface area contributed by atoms with Crippen molar-refractivity contribution in [3.05, 3.63) is 65.7 Å². The zero-order valence-corrected chi connectivity index (χ0v) is 22.5. The maximum absolute atomic E-state index is 13.3. The maximum Gasteiger partial charge on any atom is 0.326 e. The van der Waals surface area contributed by atoms with Gasteiger partial charge in [-0.05, 0) is 55.5 Å². The summed E-state index contributed by atoms with van der Waals surface area (Å²) in [6.07, 6.45) is 0.276. The molecule has 0 radical (unpaired) electrons. The van der Waals surface area contributed by atoms with Gasteiger partial charge in [-0.3, -0.25) is 19.2 Å². The fourth-order valence-electron chi connectivity index (χ4n) is 4.00. The number of phenols is 1. The van der Waals surface area contributed by atoms with E-state index in [1.54, 1.807) is 24.3 Å². The van der Waals surface area contributed by atoms with Gasteiger partial charge in [0.25, 0.3) is 0 Å². The third-order valence-electron chi connectivity index (χ3n) is 6.22. The number of nitrogens with two attached hydrogens (primary N) is 2. The third kappa shape index (κ3) is 11.6. The van der Waals surface area contributed by atoms with E-state index in [4.69, 9.17) is 11.5 Å². The topological polar surface area (TPSA) is 234 Å². The summed E-state index contributed by atoms with van der Waals surface area (Å²) in [5.74, 6) is -5.28. The number of hydrogen-bond donors (Lipinski definition) is 8. The van der Waals surface area contributed by atoms with Gasteiger partial charge in [-0.15, -0.1) is 0 Å². The van der Waals surface area contributed by atoms with Crippen LogP contribution in [0.4, 0.5) is 0 Å². The number of unbranched alkanes of at least 4 members (excludes halogenated alkanes) is 1. The standard InChI is InChI=1S/C28H37N5O8/c29-13-5-4-8-21(28(40)41)31-27(39)23(16-24(35)36)33-26(38)22(15-18-9-11-19(34)12-10-18)32-25(37)20(30)14-17-6-2-1-3-7-17/h1-3,6-7,9-12,20-23,34H,4-5,8,13-16,29-30H2,(H,31,39)(H,32,37)(H,33,38)(H,35,36)(H,40,41). The number of carboxylic acid groups (broad SMARTS) is 2. The van der Waals surface area contributed by atoms with Crippen LogP contribution in [-0.4, -0.2) is 75.7 Å². The summed E-state index contributed by atoms with van der Waals surface area (Å²) in [4.78, 5) is 62.3. The van der Waals surface area contributed by atoms with Crippen molar-refractivity contribution in [2.24, 2.45) is 11.5 Å². The van der Waals surface area contributed by atoms with Crippen LogP contribution in [0.2, 0.25) is 0 Å². The molecule has 2 aromatic carbocycles. The van der Waals surface area contributed by atoms with Gasteiger partial charge < -0.3 is 42.7 Å². The number of amides is 3. The average Bonchev–Trinajstić information content (AvgIpc) is 2.93. The number of carboxylic acids is 2. The van der Waals surface area contributed by atoms with E-state index in [9.17, 15) is 39.3 Å². The number of benzene rings is 2. The first-order valence-electron chi connectivity index (χ1n) is 13.1. The summed E-state index contributed by atoms with van der Waals surface area (Å²) in [5.41, 5.74) is 12.9. The van der Waals surface area contributed by atoms with Crippen LogP contribution >= 0.6 is 0 Å². The molecule has 2 aromatic rings. The van der Waals surface area contributed by atoms with Crippen molar-refractivity contribution in [3.63, 3.8) is 0 Å². The zero-order valence-electron chi connectivity index (χ0n) is 22.5. The molecule has 0 spiro atoms. The number of hydrogen-bond acceptors (Lipinski definition) is 8. The van der Waals surface area contributed by atoms with Gasteiger partial charge in [0.1, 0.15) is 23.9 Å². The Morgan fingerprint density at radius 3 is 1.85 bits per heavy atom. The molecule has 0 heterocycles. The number of aliphatic carboxylic acids is 2. The molecule has 0 aliphatic heterocycles. The molecule has 13 nitrogen and oxygen atoms in total. The summed E-state index contributed by atoms with van der Waals surface area (Å²) < 4.78 is 0. The Balaban J connectivity index is 2.22. The largest absolute Gasteiger partial charge is 0.508 e. The van der Waals surface area contributed by atoms with Crippen LogP contribution < -0.4 is 27.4 Å². The molecule has 222 valence electrons. The van der Waals surface area contributed by atoms with Gasteiger partial charge in [0.15, 0.2) is 0 Å². The van der Waals surface area contributed by atoms with Gasteiger partial charge in [-0.2, -0.15) is 0 Å². The van der Waals surface area contributed by atoms with Crippen molar-refractivity contribution in [2.45, 2.75) is 62.7 Å². The molecular formula is C28H37N5O8. The van der Waals surface area contributed by atoms with E-state index in [2.05, 4.69) is 16.0 Å². The van der Waals surface area contributed by atoms with E-state index >= 15 is 0 Å². The van der Waals surface area contributed by atoms with Crippen LogP contribution in [0, 0.1) is 0 Å². The molecule has 0 saturated carbocycles. The molecule has 13 heteroatoms. The minimum absolute atomic E-state index is 0.0127. The van der Waals surface area contributed by atoms with Gasteiger partial charge in [-0.1, -0.05) is 42.5 Å². The average molecular weight is 572 g/mol. The van der Waals surface area contributed by atoms with E-state index in [1.165, 1.54) is 24.3 Å². The monoisotopic (exact) mass is 571 g/mol. The second kappa shape index (κ2) is 16.6. The Bertz CT molecular complexity index is 1180. The molecule has 0 saturated heterocycles. The van der Waals surface area contributed by atoms with Gasteiger partial charge in [0, 0.05) is 6.42 Å². The van der Waals surface area contributed by atoms with Crippen molar-refractivity contribution in [2.75, 3.05) is 6.54 Å². The van der Waals surface area contributed by atoms with E-state index in [1.807, 2.05) is 6.07 Å². The van der Waals surface area contributed by atoms with Gasteiger partial charge in [0.05, 0.1) is 12.5 Å². The molecule has 0 aromatic heterocycles. The molecule has 4 unspecified atom stereocenters. The highest BCUT2D eigenvalue weighted by molar-refractivity contribution is 5.95. The Labute approximate surface area is 237 Å². The Morgan fingerprint density at radius 1 is 0.707 bits per heavy atom. The lowest BCUT2D eigenvalue weighted by atomic mass is 10.0. The zero-order chi connectivity index (χ0) is 30.4. The molecule has 41 heavy (non-hydrogen) atoms. The van der Waals surface area contributed by atoms with Gasteiger partial charge in [-0.25, -0.2) is 4.79 Å². The maximum atomic E-state index is 13.3. The number of carbonyl (C=O) groups is 5. The third-order valence-corrected chi connectivity index (χ3v) is 6.22. The molecule has 0 aliphatic rings. The number of nitrogens with one attached hydrogen (secondary N) is 3. The van der Waals surface area contributed by atoms with Gasteiger partial charge in [0.2, 0.25) is 17.7 Å². The molecular weight excluding hydrogens is 534 g/mol. The van der Waals surface area contributed by atoms with Crippen LogP contribution in [0.3, 0.4) is 0 Å². The van der Waals surface area contributed by atoms with Gasteiger partial charge >= 0.3 is 11.9 Å². The van der Waals surface area contributed by atoms with Crippen molar-refractivity contribution in [1.82, 2.24) is 16.0 Å². The lowest BCUT2D eigenvalue weighted by molar-refractivity contribution is -0.143. The highest BCUT2D eigenvalue weighted by atomic mass is 16.4. The Kier molecular flexibility index (Phi) is 13.2. The van der Waals surface area contributed by atoms with Crippen molar-refractivity contribution in [3.8, 4) is 5.75 Å². The van der Waals surface area contributed by atoms with Crippen LogP contribution in [0.5, 0.6) is 5.75 Å². The first-order valence-corrected chi connectivity index (χ1v) is 13.1. The number of rotatable bonds is 17. The smallest absolute Gasteiger partial charge is 0.326 e. The summed E-state index contributed by atoms with van der Waals surface area (Å²) in [5, 5.41) is 35.6. The fraction of sp³-hybridized carbons (Fsp3) is 0.393. The molecule has 2 rings (SSSR count). The second-order valence-corrected chi connectivity index (χ2v) is 9.57. The first kappa shape index (κ1) is 32.7. The van der Waals surface area contributed by atoms with Crippen molar-refractivity contribution in [1.29, 1.82) is 0 Å². The van der Waals surface area contributed by atoms with E-state index < -0.39 is 60.2 Å². The quantitative estimate of drug-likeness (QED) is 0.115. The SMILES string of the molecule is NCCCCC(NC(=O)C(CC(=O)O)NC(=O)C(Cc1ccc(O)cc1)NC(=O)C(N)Cc1ccccc1)C(=O)O. The fourth-order valence-corrected chi connectivity index (χ4v) is 4.00. The van der Waals surface area contributed by atoms with Crippen LogP contribution in [0.25, 0.3) is 0 Å². The molecule has 4 atom stereocenters. The lowest BCUT2D eigenvalue weighted by Gasteiger charge is -2.25. The van der Waals surface area contributed by atoms with Crippen molar-refractivity contribution >= 4 is 29.7 Å². The normalized spacial score (nSPS) is 13.7. The predicted octanol–water partition coefficient (Wildman–Crippen LogP) is -0.353. The molecule has 3 amide bonds. The molecule has 10 N–H and O–H groups in total. The van der Waals surface area contributed by atoms with Crippen molar-refractivity contribution < 1.29 is 39.3 Å². The Hall–Kier alpha value is -4.49. The van der Waals surface area contributed by atoms with E-state index in [0.29, 0.717) is 24.9 Å². The van der Waals surface area contributed by atoms with Crippen LogP contribution in [-0.2, 0) is 36.8 Å². The molecule has 0 fully saturated rings. The molecule has 0 aliphatic carbocycles. The molecule has 0 bridgehead atoms. The summed E-state index contributed by atoms with van der Waals surface area (Å²) in [6, 6.07) is 9.60. The number of phenolic OH excluding ortho intramolecular Hbond substituents is 1. The van der Waals surface area contributed by atoms with Crippen LogP contribution in [0.15, 0.2) is 54.6 Å². The second-order valence-electron chi connectivity index (χ2n) is 9.57. The number of aromatic hydroxyl groups is 1. The summed E-state index contributed by atoms with van der Waals surface area (Å²) >= 11 is 0. The predicted molar refractivity (Wildman–Crippen MR) is 149 cm³/mol. The number of carbonyl (C=O) groups excluding carboxylic acids is 3. The summed E-state index contributed by atoms with van der Waals surface area (Å²) in [7, 11) is 0. The lowest BCUT2D eigenvalue weighted by Crippen LogP contribution is -2.58. The highest BCUT2D eigenvalue weighted by Crippen LogP contribution is 2.12. The minimum Gasteiger partial charge on any atom is -0.508 e. The highest BCUT2D eigenvalue weighted by Gasteiger charge is 2.31. The van der Waals surface area contributed by atoms with E-state index in [-0.39, 0.29) is 25.0 Å². The van der Waals surface area contributed by atoms with E-state index in [0.717, 1.165) is 5.56 Å². The van der Waals surface area contributed by atoms with Crippen LogP contribution in [0.1, 0.15) is 36.8 Å². The first-order chi connectivity index (χ1) is 19.5. The Morgan fingerprint density at radius 2 is 1.27 bits per heavy atom.